The Morgan fingerprint density at radius 2 is 1.71 bits per heavy atom. The van der Waals surface area contributed by atoms with Crippen LogP contribution in [0.1, 0.15) is 43.2 Å². The van der Waals surface area contributed by atoms with Crippen LogP contribution >= 0.6 is 0 Å². The number of hydrogen-bond acceptors (Lipinski definition) is 4. The Bertz CT molecular complexity index is 1080. The normalized spacial score (nSPS) is 19.1. The highest BCUT2D eigenvalue weighted by molar-refractivity contribution is 5.80. The molecule has 0 aromatic heterocycles. The maximum Gasteiger partial charge on any atom is 0.407 e. The van der Waals surface area contributed by atoms with Crippen molar-refractivity contribution in [3.05, 3.63) is 59.7 Å². The standard InChI is InChI=1S/C26H28F2N2O5/c1-2-16(11-12-23(31)30-13-22(24(32)33)26(27,28)15-30)29-25(34)35-14-21-19-9-5-3-7-17(19)18-8-4-6-10-20(18)21/h3-10,16,21-22H,2,11-15H2,1H3,(H,29,34)(H,32,33). The molecule has 7 nitrogen and oxygen atoms in total. The smallest absolute Gasteiger partial charge is 0.407 e. The summed E-state index contributed by atoms with van der Waals surface area (Å²) in [6.45, 7) is 0.579. The number of carbonyl (C=O) groups is 3. The van der Waals surface area contributed by atoms with E-state index < -0.39 is 42.9 Å². The molecular weight excluding hydrogens is 458 g/mol. The number of halogens is 2. The van der Waals surface area contributed by atoms with E-state index in [9.17, 15) is 23.2 Å². The third kappa shape index (κ3) is 5.13. The van der Waals surface area contributed by atoms with Gasteiger partial charge in [-0.2, -0.15) is 0 Å². The Balaban J connectivity index is 1.29. The van der Waals surface area contributed by atoms with Crippen molar-refractivity contribution in [3.63, 3.8) is 0 Å². The number of carboxylic acids is 1. The summed E-state index contributed by atoms with van der Waals surface area (Å²) in [7, 11) is 0. The van der Waals surface area contributed by atoms with Gasteiger partial charge in [0, 0.05) is 24.9 Å². The number of ether oxygens (including phenoxy) is 1. The summed E-state index contributed by atoms with van der Waals surface area (Å²) in [4.78, 5) is 36.8. The molecule has 1 aliphatic heterocycles. The fourth-order valence-corrected chi connectivity index (χ4v) is 4.87. The van der Waals surface area contributed by atoms with Crippen molar-refractivity contribution in [1.82, 2.24) is 10.2 Å². The molecule has 0 saturated carbocycles. The summed E-state index contributed by atoms with van der Waals surface area (Å²) in [5, 5.41) is 11.7. The molecular formula is C26H28F2N2O5. The Morgan fingerprint density at radius 3 is 2.26 bits per heavy atom. The largest absolute Gasteiger partial charge is 0.481 e. The molecule has 2 aliphatic rings. The second-order valence-electron chi connectivity index (χ2n) is 9.04. The molecule has 35 heavy (non-hydrogen) atoms. The number of hydrogen-bond donors (Lipinski definition) is 2. The third-order valence-electron chi connectivity index (χ3n) is 6.83. The molecule has 0 bridgehead atoms. The van der Waals surface area contributed by atoms with Crippen LogP contribution in [0.2, 0.25) is 0 Å². The number of nitrogens with zero attached hydrogens (tertiary/aromatic N) is 1. The predicted molar refractivity (Wildman–Crippen MR) is 124 cm³/mol. The van der Waals surface area contributed by atoms with E-state index in [0.29, 0.717) is 6.42 Å². The van der Waals surface area contributed by atoms with Crippen LogP contribution in [0.25, 0.3) is 11.1 Å². The predicted octanol–water partition coefficient (Wildman–Crippen LogP) is 4.26. The number of benzene rings is 2. The van der Waals surface area contributed by atoms with Crippen LogP contribution in [0.4, 0.5) is 13.6 Å². The van der Waals surface area contributed by atoms with Crippen LogP contribution in [-0.4, -0.2) is 59.6 Å². The number of carbonyl (C=O) groups excluding carboxylic acids is 2. The first kappa shape index (κ1) is 24.6. The molecule has 1 heterocycles. The van der Waals surface area contributed by atoms with Gasteiger partial charge in [-0.25, -0.2) is 13.6 Å². The van der Waals surface area contributed by atoms with Crippen molar-refractivity contribution in [2.24, 2.45) is 5.92 Å². The van der Waals surface area contributed by atoms with E-state index in [4.69, 9.17) is 9.84 Å². The fourth-order valence-electron chi connectivity index (χ4n) is 4.87. The van der Waals surface area contributed by atoms with E-state index in [0.717, 1.165) is 27.2 Å². The molecule has 2 amide bonds. The first-order valence-corrected chi connectivity index (χ1v) is 11.7. The van der Waals surface area contributed by atoms with Crippen molar-refractivity contribution in [3.8, 4) is 11.1 Å². The van der Waals surface area contributed by atoms with E-state index in [2.05, 4.69) is 5.32 Å². The lowest BCUT2D eigenvalue weighted by molar-refractivity contribution is -0.151. The van der Waals surface area contributed by atoms with E-state index in [-0.39, 0.29) is 31.4 Å². The highest BCUT2D eigenvalue weighted by atomic mass is 19.3. The Labute approximate surface area is 202 Å². The Kier molecular flexibility index (Phi) is 7.05. The zero-order valence-electron chi connectivity index (χ0n) is 19.4. The maximum atomic E-state index is 13.9. The van der Waals surface area contributed by atoms with Crippen LogP contribution in [0.15, 0.2) is 48.5 Å². The zero-order chi connectivity index (χ0) is 25.2. The molecule has 2 aromatic rings. The summed E-state index contributed by atoms with van der Waals surface area (Å²) in [6.07, 6.45) is 0.0692. The van der Waals surface area contributed by atoms with E-state index in [1.165, 1.54) is 0 Å². The van der Waals surface area contributed by atoms with Gasteiger partial charge < -0.3 is 20.1 Å². The molecule has 4 rings (SSSR count). The maximum absolute atomic E-state index is 13.9. The van der Waals surface area contributed by atoms with Gasteiger partial charge in [0.05, 0.1) is 6.54 Å². The second-order valence-corrected chi connectivity index (χ2v) is 9.04. The van der Waals surface area contributed by atoms with Crippen molar-refractivity contribution in [2.45, 2.75) is 44.1 Å². The molecule has 2 atom stereocenters. The van der Waals surface area contributed by atoms with Crippen LogP contribution in [0, 0.1) is 5.92 Å². The third-order valence-corrected chi connectivity index (χ3v) is 6.83. The lowest BCUT2D eigenvalue weighted by Gasteiger charge is -2.20. The van der Waals surface area contributed by atoms with Crippen LogP contribution < -0.4 is 5.32 Å². The van der Waals surface area contributed by atoms with Crippen molar-refractivity contribution in [1.29, 1.82) is 0 Å². The van der Waals surface area contributed by atoms with Gasteiger partial charge in [-0.3, -0.25) is 9.59 Å². The first-order chi connectivity index (χ1) is 16.7. The minimum absolute atomic E-state index is 0.0752. The SMILES string of the molecule is CCC(CCC(=O)N1CC(C(=O)O)C(F)(F)C1)NC(=O)OCC1c2ccccc2-c2ccccc21. The van der Waals surface area contributed by atoms with E-state index in [1.807, 2.05) is 55.5 Å². The highest BCUT2D eigenvalue weighted by Crippen LogP contribution is 2.44. The van der Waals surface area contributed by atoms with Gasteiger partial charge in [0.25, 0.3) is 5.92 Å². The molecule has 1 saturated heterocycles. The molecule has 2 unspecified atom stereocenters. The lowest BCUT2D eigenvalue weighted by atomic mass is 9.98. The quantitative estimate of drug-likeness (QED) is 0.581. The molecule has 2 aromatic carbocycles. The van der Waals surface area contributed by atoms with Gasteiger partial charge in [0.2, 0.25) is 5.91 Å². The molecule has 9 heteroatoms. The summed E-state index contributed by atoms with van der Waals surface area (Å²) in [5.74, 6) is -7.60. The summed E-state index contributed by atoms with van der Waals surface area (Å²) in [5.41, 5.74) is 4.45. The van der Waals surface area contributed by atoms with Gasteiger partial charge in [0.1, 0.15) is 12.5 Å². The lowest BCUT2D eigenvalue weighted by Crippen LogP contribution is -2.37. The van der Waals surface area contributed by atoms with Gasteiger partial charge in [0.15, 0.2) is 0 Å². The molecule has 2 N–H and O–H groups in total. The topological polar surface area (TPSA) is 95.9 Å². The molecule has 186 valence electrons. The molecule has 1 fully saturated rings. The number of aliphatic carboxylic acids is 1. The number of fused-ring (bicyclic) bond motifs is 3. The van der Waals surface area contributed by atoms with Crippen molar-refractivity contribution in [2.75, 3.05) is 19.7 Å². The monoisotopic (exact) mass is 486 g/mol. The van der Waals surface area contributed by atoms with E-state index >= 15 is 0 Å². The minimum atomic E-state index is -3.45. The highest BCUT2D eigenvalue weighted by Gasteiger charge is 2.53. The van der Waals surface area contributed by atoms with Crippen molar-refractivity contribution < 1.29 is 33.0 Å². The summed E-state index contributed by atoms with van der Waals surface area (Å²) < 4.78 is 33.3. The summed E-state index contributed by atoms with van der Waals surface area (Å²) >= 11 is 0. The number of alkyl halides is 2. The number of alkyl carbamates (subject to hydrolysis) is 1. The fraction of sp³-hybridized carbons (Fsp3) is 0.423. The van der Waals surface area contributed by atoms with Crippen molar-refractivity contribution >= 4 is 18.0 Å². The zero-order valence-corrected chi connectivity index (χ0v) is 19.4. The molecule has 1 aliphatic carbocycles. The number of rotatable bonds is 8. The van der Waals surface area contributed by atoms with Gasteiger partial charge >= 0.3 is 12.1 Å². The average Bonchev–Trinajstić information content (AvgIpc) is 3.34. The number of carboxylic acid groups (broad SMARTS) is 1. The number of nitrogens with one attached hydrogen (secondary N) is 1. The van der Waals surface area contributed by atoms with Gasteiger partial charge in [-0.15, -0.1) is 0 Å². The second kappa shape index (κ2) is 10.0. The van der Waals surface area contributed by atoms with Gasteiger partial charge in [-0.05, 0) is 35.1 Å². The molecule has 0 radical (unpaired) electrons. The average molecular weight is 487 g/mol. The Morgan fingerprint density at radius 1 is 1.11 bits per heavy atom. The molecule has 0 spiro atoms. The van der Waals surface area contributed by atoms with Crippen LogP contribution in [0.5, 0.6) is 0 Å². The number of amides is 2. The van der Waals surface area contributed by atoms with Crippen LogP contribution in [-0.2, 0) is 14.3 Å². The summed E-state index contributed by atoms with van der Waals surface area (Å²) in [6, 6.07) is 15.6. The van der Waals surface area contributed by atoms with Crippen LogP contribution in [0.3, 0.4) is 0 Å². The first-order valence-electron chi connectivity index (χ1n) is 11.7. The minimum Gasteiger partial charge on any atom is -0.481 e. The van der Waals surface area contributed by atoms with E-state index in [1.54, 1.807) is 0 Å². The Hall–Kier alpha value is -3.49. The number of likely N-dealkylation sites (tertiary alicyclic amines) is 1. The van der Waals surface area contributed by atoms with Gasteiger partial charge in [-0.1, -0.05) is 55.5 Å².